The molecule has 28 heavy (non-hydrogen) atoms. The van der Waals surface area contributed by atoms with E-state index in [2.05, 4.69) is 36.5 Å². The second-order valence-corrected chi connectivity index (χ2v) is 7.03. The minimum atomic E-state index is 0.775. The van der Waals surface area contributed by atoms with Gasteiger partial charge in [-0.05, 0) is 55.5 Å². The molecule has 4 rings (SSSR count). The lowest BCUT2D eigenvalue weighted by atomic mass is 10.0. The lowest BCUT2D eigenvalue weighted by Crippen LogP contribution is -2.07. The molecule has 146 valence electrons. The van der Waals surface area contributed by atoms with Crippen LogP contribution in [0.15, 0.2) is 42.5 Å². The third kappa shape index (κ3) is 3.21. The summed E-state index contributed by atoms with van der Waals surface area (Å²) in [5, 5.41) is 8.65. The fourth-order valence-corrected chi connectivity index (χ4v) is 3.85. The first-order valence-corrected chi connectivity index (χ1v) is 9.93. The van der Waals surface area contributed by atoms with Crippen LogP contribution >= 0.6 is 0 Å². The van der Waals surface area contributed by atoms with Gasteiger partial charge in [-0.25, -0.2) is 4.68 Å². The smallest absolute Gasteiger partial charge is 0.133 e. The average molecular weight is 377 g/mol. The Morgan fingerprint density at radius 1 is 1.00 bits per heavy atom. The van der Waals surface area contributed by atoms with Crippen molar-refractivity contribution in [2.24, 2.45) is 0 Å². The SMILES string of the molecule is CCc1ccc(-n2nc(-c3c(OC)cccc3OC)c3c2NCCCC3)cc1. The van der Waals surface area contributed by atoms with Crippen molar-refractivity contribution < 1.29 is 9.47 Å². The highest BCUT2D eigenvalue weighted by molar-refractivity contribution is 5.80. The number of methoxy groups -OCH3 is 2. The number of benzene rings is 2. The van der Waals surface area contributed by atoms with E-state index in [-0.39, 0.29) is 0 Å². The maximum Gasteiger partial charge on any atom is 0.133 e. The standard InChI is InChI=1S/C23H27N3O2/c1-4-16-11-13-17(14-12-16)26-23-18(8-5-6-15-24-23)22(25-26)21-19(27-2)9-7-10-20(21)28-3/h7,9-14,24H,4-6,8,15H2,1-3H3. The van der Waals surface area contributed by atoms with Gasteiger partial charge in [-0.15, -0.1) is 0 Å². The van der Waals surface area contributed by atoms with Gasteiger partial charge >= 0.3 is 0 Å². The molecule has 0 amide bonds. The minimum Gasteiger partial charge on any atom is -0.496 e. The second-order valence-electron chi connectivity index (χ2n) is 7.03. The molecule has 0 fully saturated rings. The highest BCUT2D eigenvalue weighted by Crippen LogP contribution is 2.42. The molecule has 0 saturated carbocycles. The Labute approximate surface area is 166 Å². The zero-order valence-electron chi connectivity index (χ0n) is 16.8. The third-order valence-corrected chi connectivity index (χ3v) is 5.38. The highest BCUT2D eigenvalue weighted by Gasteiger charge is 2.25. The van der Waals surface area contributed by atoms with Crippen LogP contribution in [0, 0.1) is 0 Å². The van der Waals surface area contributed by atoms with Crippen LogP contribution in [0.4, 0.5) is 5.82 Å². The monoisotopic (exact) mass is 377 g/mol. The maximum absolute atomic E-state index is 5.66. The van der Waals surface area contributed by atoms with Gasteiger partial charge < -0.3 is 14.8 Å². The van der Waals surface area contributed by atoms with Crippen LogP contribution in [0.3, 0.4) is 0 Å². The Morgan fingerprint density at radius 3 is 2.36 bits per heavy atom. The van der Waals surface area contributed by atoms with Crippen molar-refractivity contribution in [2.45, 2.75) is 32.6 Å². The van der Waals surface area contributed by atoms with E-state index in [0.717, 1.165) is 66.5 Å². The molecular formula is C23H27N3O2. The first-order chi connectivity index (χ1) is 13.8. The summed E-state index contributed by atoms with van der Waals surface area (Å²) in [6.45, 7) is 3.12. The third-order valence-electron chi connectivity index (χ3n) is 5.38. The van der Waals surface area contributed by atoms with Crippen LogP contribution in [-0.4, -0.2) is 30.5 Å². The number of nitrogens with zero attached hydrogens (tertiary/aromatic N) is 2. The Kier molecular flexibility index (Phi) is 5.24. The van der Waals surface area contributed by atoms with Gasteiger partial charge in [0.25, 0.3) is 0 Å². The summed E-state index contributed by atoms with van der Waals surface area (Å²) < 4.78 is 13.3. The lowest BCUT2D eigenvalue weighted by Gasteiger charge is -2.12. The molecule has 5 heteroatoms. The normalized spacial score (nSPS) is 13.4. The van der Waals surface area contributed by atoms with E-state index < -0.39 is 0 Å². The first kappa shape index (κ1) is 18.4. The quantitative estimate of drug-likeness (QED) is 0.689. The van der Waals surface area contributed by atoms with Gasteiger partial charge in [0, 0.05) is 12.1 Å². The van der Waals surface area contributed by atoms with E-state index in [1.807, 2.05) is 22.9 Å². The zero-order valence-corrected chi connectivity index (χ0v) is 16.8. The van der Waals surface area contributed by atoms with Gasteiger partial charge in [0.05, 0.1) is 25.5 Å². The summed E-state index contributed by atoms with van der Waals surface area (Å²) in [7, 11) is 3.38. The predicted molar refractivity (Wildman–Crippen MR) is 113 cm³/mol. The van der Waals surface area contributed by atoms with Crippen molar-refractivity contribution in [1.29, 1.82) is 0 Å². The van der Waals surface area contributed by atoms with E-state index in [0.29, 0.717) is 0 Å². The molecule has 1 aliphatic heterocycles. The van der Waals surface area contributed by atoms with Gasteiger partial charge in [-0.1, -0.05) is 25.1 Å². The van der Waals surface area contributed by atoms with Crippen LogP contribution < -0.4 is 14.8 Å². The molecule has 0 unspecified atom stereocenters. The molecule has 5 nitrogen and oxygen atoms in total. The van der Waals surface area contributed by atoms with E-state index in [9.17, 15) is 0 Å². The molecular weight excluding hydrogens is 350 g/mol. The van der Waals surface area contributed by atoms with Crippen molar-refractivity contribution in [3.63, 3.8) is 0 Å². The number of ether oxygens (including phenoxy) is 2. The lowest BCUT2D eigenvalue weighted by molar-refractivity contribution is 0.397. The highest BCUT2D eigenvalue weighted by atomic mass is 16.5. The fourth-order valence-electron chi connectivity index (χ4n) is 3.85. The number of hydrogen-bond donors (Lipinski definition) is 1. The van der Waals surface area contributed by atoms with Crippen LogP contribution in [0.2, 0.25) is 0 Å². The number of nitrogens with one attached hydrogen (secondary N) is 1. The molecule has 1 aliphatic rings. The van der Waals surface area contributed by atoms with E-state index in [1.54, 1.807) is 14.2 Å². The number of aromatic nitrogens is 2. The topological polar surface area (TPSA) is 48.3 Å². The van der Waals surface area contributed by atoms with Crippen LogP contribution in [-0.2, 0) is 12.8 Å². The summed E-state index contributed by atoms with van der Waals surface area (Å²) in [5.41, 5.74) is 5.44. The minimum absolute atomic E-state index is 0.775. The summed E-state index contributed by atoms with van der Waals surface area (Å²) in [6.07, 6.45) is 4.28. The summed E-state index contributed by atoms with van der Waals surface area (Å²) in [5.74, 6) is 2.62. The summed E-state index contributed by atoms with van der Waals surface area (Å²) in [4.78, 5) is 0. The first-order valence-electron chi connectivity index (χ1n) is 9.93. The van der Waals surface area contributed by atoms with Crippen LogP contribution in [0.5, 0.6) is 11.5 Å². The number of hydrogen-bond acceptors (Lipinski definition) is 4. The van der Waals surface area contributed by atoms with Crippen LogP contribution in [0.1, 0.15) is 30.9 Å². The number of fused-ring (bicyclic) bond motifs is 1. The van der Waals surface area contributed by atoms with Crippen molar-refractivity contribution in [2.75, 3.05) is 26.1 Å². The second kappa shape index (κ2) is 7.97. The average Bonchev–Trinajstić information content (AvgIpc) is 2.93. The van der Waals surface area contributed by atoms with E-state index in [1.165, 1.54) is 11.1 Å². The van der Waals surface area contributed by atoms with Gasteiger partial charge in [-0.2, -0.15) is 5.10 Å². The molecule has 0 saturated heterocycles. The van der Waals surface area contributed by atoms with Gasteiger partial charge in [-0.3, -0.25) is 0 Å². The zero-order chi connectivity index (χ0) is 19.5. The number of rotatable bonds is 5. The van der Waals surface area contributed by atoms with E-state index in [4.69, 9.17) is 14.6 Å². The Morgan fingerprint density at radius 2 is 1.71 bits per heavy atom. The predicted octanol–water partition coefficient (Wildman–Crippen LogP) is 4.87. The van der Waals surface area contributed by atoms with Gasteiger partial charge in [0.1, 0.15) is 23.0 Å². The van der Waals surface area contributed by atoms with Crippen molar-refractivity contribution in [3.8, 4) is 28.4 Å². The fraction of sp³-hybridized carbons (Fsp3) is 0.348. The molecule has 0 aliphatic carbocycles. The van der Waals surface area contributed by atoms with E-state index >= 15 is 0 Å². The summed E-state index contributed by atoms with van der Waals surface area (Å²) >= 11 is 0. The molecule has 2 heterocycles. The Balaban J connectivity index is 1.93. The molecule has 0 atom stereocenters. The van der Waals surface area contributed by atoms with Crippen molar-refractivity contribution in [1.82, 2.24) is 9.78 Å². The molecule has 0 spiro atoms. The summed E-state index contributed by atoms with van der Waals surface area (Å²) in [6, 6.07) is 14.5. The molecule has 1 N–H and O–H groups in total. The number of aryl methyl sites for hydroxylation is 1. The number of anilines is 1. The molecule has 2 aromatic carbocycles. The molecule has 0 bridgehead atoms. The van der Waals surface area contributed by atoms with Gasteiger partial charge in [0.2, 0.25) is 0 Å². The van der Waals surface area contributed by atoms with Crippen molar-refractivity contribution >= 4 is 5.82 Å². The Hall–Kier alpha value is -2.95. The molecule has 3 aromatic rings. The largest absolute Gasteiger partial charge is 0.496 e. The van der Waals surface area contributed by atoms with Crippen molar-refractivity contribution in [3.05, 3.63) is 53.6 Å². The van der Waals surface area contributed by atoms with Gasteiger partial charge in [0.15, 0.2) is 0 Å². The molecule has 0 radical (unpaired) electrons. The maximum atomic E-state index is 5.66. The van der Waals surface area contributed by atoms with Crippen LogP contribution in [0.25, 0.3) is 16.9 Å². The molecule has 1 aromatic heterocycles. The Bertz CT molecular complexity index is 938.